The van der Waals surface area contributed by atoms with Crippen LogP contribution in [0, 0.1) is 0 Å². The Kier molecular flexibility index (Phi) is 5.95. The normalized spacial score (nSPS) is 10.6. The Morgan fingerprint density at radius 3 is 2.40 bits per heavy atom. The molecule has 0 radical (unpaired) electrons. The minimum absolute atomic E-state index is 0.871. The molecule has 0 atom stereocenters. The molecule has 0 aromatic heterocycles. The van der Waals surface area contributed by atoms with E-state index in [-0.39, 0.29) is 0 Å². The van der Waals surface area contributed by atoms with Crippen molar-refractivity contribution in [3.05, 3.63) is 58.1 Å². The van der Waals surface area contributed by atoms with E-state index in [1.165, 1.54) is 16.0 Å². The van der Waals surface area contributed by atoms with Crippen LogP contribution in [-0.2, 0) is 12.3 Å². The van der Waals surface area contributed by atoms with Crippen molar-refractivity contribution in [1.82, 2.24) is 5.32 Å². The highest BCUT2D eigenvalue weighted by Gasteiger charge is 2.02. The number of methoxy groups -OCH3 is 1. The molecule has 0 spiro atoms. The van der Waals surface area contributed by atoms with Crippen LogP contribution in [0.3, 0.4) is 0 Å². The minimum Gasteiger partial charge on any atom is -0.496 e. The standard InChI is InChI=1S/C16H18BrNOS/c1-18-10-12-3-6-14(7-4-12)20-11-13-5-8-16(19-2)15(17)9-13/h3-9,18H,10-11H2,1-2H3. The van der Waals surface area contributed by atoms with Gasteiger partial charge in [0.1, 0.15) is 5.75 Å². The Bertz CT molecular complexity index is 557. The molecular weight excluding hydrogens is 334 g/mol. The molecule has 2 aromatic carbocycles. The number of hydrogen-bond donors (Lipinski definition) is 1. The quantitative estimate of drug-likeness (QED) is 0.775. The second-order valence-corrected chi connectivity index (χ2v) is 6.33. The first kappa shape index (κ1) is 15.4. The molecule has 2 aromatic rings. The molecule has 0 saturated heterocycles. The summed E-state index contributed by atoms with van der Waals surface area (Å²) in [5.74, 6) is 1.82. The third-order valence-electron chi connectivity index (χ3n) is 2.93. The van der Waals surface area contributed by atoms with Gasteiger partial charge in [0.05, 0.1) is 11.6 Å². The maximum absolute atomic E-state index is 5.24. The third kappa shape index (κ3) is 4.27. The summed E-state index contributed by atoms with van der Waals surface area (Å²) in [6, 6.07) is 14.9. The van der Waals surface area contributed by atoms with Crippen molar-refractivity contribution >= 4 is 27.7 Å². The summed E-state index contributed by atoms with van der Waals surface area (Å²) < 4.78 is 6.24. The Morgan fingerprint density at radius 2 is 1.80 bits per heavy atom. The lowest BCUT2D eigenvalue weighted by atomic mass is 10.2. The number of nitrogens with one attached hydrogen (secondary N) is 1. The van der Waals surface area contributed by atoms with Crippen molar-refractivity contribution in [2.75, 3.05) is 14.2 Å². The Hall–Kier alpha value is -0.970. The first-order valence-corrected chi connectivity index (χ1v) is 8.19. The number of rotatable bonds is 6. The predicted octanol–water partition coefficient (Wildman–Crippen LogP) is 4.47. The van der Waals surface area contributed by atoms with Gasteiger partial charge in [0.25, 0.3) is 0 Å². The van der Waals surface area contributed by atoms with E-state index in [0.29, 0.717) is 0 Å². The summed E-state index contributed by atoms with van der Waals surface area (Å²) in [5.41, 5.74) is 2.59. The van der Waals surface area contributed by atoms with Crippen molar-refractivity contribution in [2.45, 2.75) is 17.2 Å². The fraction of sp³-hybridized carbons (Fsp3) is 0.250. The lowest BCUT2D eigenvalue weighted by Crippen LogP contribution is -2.04. The van der Waals surface area contributed by atoms with Gasteiger partial charge in [-0.15, -0.1) is 11.8 Å². The van der Waals surface area contributed by atoms with Crippen LogP contribution in [0.1, 0.15) is 11.1 Å². The summed E-state index contributed by atoms with van der Waals surface area (Å²) in [4.78, 5) is 1.29. The molecule has 0 bridgehead atoms. The predicted molar refractivity (Wildman–Crippen MR) is 89.5 cm³/mol. The first-order chi connectivity index (χ1) is 9.72. The fourth-order valence-electron chi connectivity index (χ4n) is 1.87. The van der Waals surface area contributed by atoms with Crippen LogP contribution in [0.2, 0.25) is 0 Å². The van der Waals surface area contributed by atoms with E-state index >= 15 is 0 Å². The molecule has 0 aliphatic carbocycles. The van der Waals surface area contributed by atoms with Crippen molar-refractivity contribution in [1.29, 1.82) is 0 Å². The van der Waals surface area contributed by atoms with Crippen LogP contribution < -0.4 is 10.1 Å². The molecule has 1 N–H and O–H groups in total. The molecule has 20 heavy (non-hydrogen) atoms. The summed E-state index contributed by atoms with van der Waals surface area (Å²) in [7, 11) is 3.64. The van der Waals surface area contributed by atoms with E-state index in [1.807, 2.05) is 24.9 Å². The third-order valence-corrected chi connectivity index (χ3v) is 4.63. The molecule has 0 aliphatic heterocycles. The Balaban J connectivity index is 1.96. The van der Waals surface area contributed by atoms with Crippen LogP contribution in [0.25, 0.3) is 0 Å². The number of halogens is 1. The van der Waals surface area contributed by atoms with Gasteiger partial charge in [0.15, 0.2) is 0 Å². The molecule has 4 heteroatoms. The zero-order valence-electron chi connectivity index (χ0n) is 11.7. The van der Waals surface area contributed by atoms with Gasteiger partial charge in [-0.3, -0.25) is 0 Å². The average molecular weight is 352 g/mol. The van der Waals surface area contributed by atoms with Gasteiger partial charge in [-0.2, -0.15) is 0 Å². The van der Waals surface area contributed by atoms with Crippen LogP contribution in [0.5, 0.6) is 5.75 Å². The van der Waals surface area contributed by atoms with Crippen LogP contribution in [0.15, 0.2) is 51.8 Å². The zero-order valence-corrected chi connectivity index (χ0v) is 14.1. The molecule has 0 unspecified atom stereocenters. The summed E-state index contributed by atoms with van der Waals surface area (Å²) in [5, 5.41) is 3.15. The number of ether oxygens (including phenoxy) is 1. The number of thioether (sulfide) groups is 1. The molecule has 2 nitrogen and oxygen atoms in total. The van der Waals surface area contributed by atoms with Crippen molar-refractivity contribution < 1.29 is 4.74 Å². The molecule has 0 heterocycles. The van der Waals surface area contributed by atoms with Crippen LogP contribution in [0.4, 0.5) is 0 Å². The van der Waals surface area contributed by atoms with E-state index in [2.05, 4.69) is 57.6 Å². The topological polar surface area (TPSA) is 21.3 Å². The first-order valence-electron chi connectivity index (χ1n) is 6.41. The van der Waals surface area contributed by atoms with E-state index < -0.39 is 0 Å². The smallest absolute Gasteiger partial charge is 0.133 e. The molecule has 2 rings (SSSR count). The van der Waals surface area contributed by atoms with Crippen molar-refractivity contribution in [3.63, 3.8) is 0 Å². The highest BCUT2D eigenvalue weighted by atomic mass is 79.9. The minimum atomic E-state index is 0.871. The number of benzene rings is 2. The summed E-state index contributed by atoms with van der Waals surface area (Å²) in [6.07, 6.45) is 0. The van der Waals surface area contributed by atoms with E-state index in [1.54, 1.807) is 7.11 Å². The summed E-state index contributed by atoms with van der Waals surface area (Å²) >= 11 is 5.36. The van der Waals surface area contributed by atoms with Crippen LogP contribution >= 0.6 is 27.7 Å². The van der Waals surface area contributed by atoms with Crippen molar-refractivity contribution in [2.24, 2.45) is 0 Å². The maximum Gasteiger partial charge on any atom is 0.133 e. The van der Waals surface area contributed by atoms with E-state index in [0.717, 1.165) is 22.5 Å². The largest absolute Gasteiger partial charge is 0.496 e. The lowest BCUT2D eigenvalue weighted by molar-refractivity contribution is 0.412. The van der Waals surface area contributed by atoms with Gasteiger partial charge in [0.2, 0.25) is 0 Å². The zero-order chi connectivity index (χ0) is 14.4. The lowest BCUT2D eigenvalue weighted by Gasteiger charge is -2.07. The van der Waals surface area contributed by atoms with Gasteiger partial charge in [-0.05, 0) is 58.4 Å². The van der Waals surface area contributed by atoms with E-state index in [4.69, 9.17) is 4.74 Å². The van der Waals surface area contributed by atoms with Gasteiger partial charge in [-0.1, -0.05) is 18.2 Å². The molecule has 0 fully saturated rings. The Morgan fingerprint density at radius 1 is 1.10 bits per heavy atom. The SMILES string of the molecule is CNCc1ccc(SCc2ccc(OC)c(Br)c2)cc1. The molecular formula is C16H18BrNOS. The van der Waals surface area contributed by atoms with Gasteiger partial charge in [-0.25, -0.2) is 0 Å². The highest BCUT2D eigenvalue weighted by Crippen LogP contribution is 2.29. The van der Waals surface area contributed by atoms with Crippen molar-refractivity contribution in [3.8, 4) is 5.75 Å². The molecule has 0 amide bonds. The van der Waals surface area contributed by atoms with Gasteiger partial charge in [0, 0.05) is 17.2 Å². The van der Waals surface area contributed by atoms with E-state index in [9.17, 15) is 0 Å². The van der Waals surface area contributed by atoms with Gasteiger partial charge < -0.3 is 10.1 Å². The maximum atomic E-state index is 5.24. The summed E-state index contributed by atoms with van der Waals surface area (Å²) in [6.45, 7) is 0.913. The second-order valence-electron chi connectivity index (χ2n) is 4.43. The molecule has 0 aliphatic rings. The Labute approximate surface area is 133 Å². The highest BCUT2D eigenvalue weighted by molar-refractivity contribution is 9.10. The average Bonchev–Trinajstić information content (AvgIpc) is 2.47. The fourth-order valence-corrected chi connectivity index (χ4v) is 3.30. The second kappa shape index (κ2) is 7.72. The number of hydrogen-bond acceptors (Lipinski definition) is 3. The molecule has 106 valence electrons. The van der Waals surface area contributed by atoms with Gasteiger partial charge >= 0.3 is 0 Å². The monoisotopic (exact) mass is 351 g/mol. The molecule has 0 saturated carbocycles. The van der Waals surface area contributed by atoms with Crippen LogP contribution in [-0.4, -0.2) is 14.2 Å².